The van der Waals surface area contributed by atoms with E-state index in [1.165, 1.54) is 7.11 Å². The Labute approximate surface area is 177 Å². The second-order valence-corrected chi connectivity index (χ2v) is 7.66. The van der Waals surface area contributed by atoms with Gasteiger partial charge in [-0.15, -0.1) is 11.3 Å². The molecule has 0 saturated carbocycles. The summed E-state index contributed by atoms with van der Waals surface area (Å²) in [7, 11) is 1.24. The van der Waals surface area contributed by atoms with Crippen LogP contribution in [0.1, 0.15) is 15.2 Å². The minimum atomic E-state index is -0.698. The van der Waals surface area contributed by atoms with Crippen molar-refractivity contribution >= 4 is 46.3 Å². The molecule has 8 heteroatoms. The number of carbonyl (C=O) groups excluding carboxylic acids is 2. The summed E-state index contributed by atoms with van der Waals surface area (Å²) in [6.45, 7) is 0. The normalized spacial score (nSPS) is 15.8. The number of nitrogens with one attached hydrogen (secondary N) is 3. The van der Waals surface area contributed by atoms with E-state index in [-0.39, 0.29) is 16.6 Å². The molecule has 0 radical (unpaired) electrons. The van der Waals surface area contributed by atoms with E-state index in [9.17, 15) is 9.59 Å². The predicted octanol–water partition coefficient (Wildman–Crippen LogP) is 3.86. The van der Waals surface area contributed by atoms with Gasteiger partial charge in [0.1, 0.15) is 0 Å². The van der Waals surface area contributed by atoms with Crippen LogP contribution < -0.4 is 10.6 Å². The van der Waals surface area contributed by atoms with Gasteiger partial charge in [-0.25, -0.2) is 4.79 Å². The zero-order chi connectivity index (χ0) is 20.8. The Hall–Kier alpha value is -3.10. The fourth-order valence-electron chi connectivity index (χ4n) is 2.96. The van der Waals surface area contributed by atoms with Crippen LogP contribution in [0.4, 0.5) is 4.79 Å². The minimum absolute atomic E-state index is 0.0222. The van der Waals surface area contributed by atoms with Gasteiger partial charge in [0.25, 0.3) is 0 Å². The fraction of sp³-hybridized carbons (Fsp3) is 0.143. The summed E-state index contributed by atoms with van der Waals surface area (Å²) in [6, 6.07) is 12.9. The molecule has 0 spiro atoms. The molecule has 148 valence electrons. The Morgan fingerprint density at radius 3 is 2.59 bits per heavy atom. The molecule has 2 aromatic rings. The van der Waals surface area contributed by atoms with Gasteiger partial charge in [0.2, 0.25) is 0 Å². The Morgan fingerprint density at radius 2 is 1.93 bits per heavy atom. The molecule has 3 rings (SSSR count). The van der Waals surface area contributed by atoms with Crippen LogP contribution in [0.25, 0.3) is 0 Å². The van der Waals surface area contributed by atoms with Gasteiger partial charge in [-0.05, 0) is 36.2 Å². The molecule has 1 aromatic heterocycles. The quantitative estimate of drug-likeness (QED) is 0.500. The van der Waals surface area contributed by atoms with Crippen LogP contribution in [0.2, 0.25) is 0 Å². The molecule has 0 bridgehead atoms. The number of ketones is 1. The summed E-state index contributed by atoms with van der Waals surface area (Å²) in [5.41, 5.74) is 1.79. The van der Waals surface area contributed by atoms with Gasteiger partial charge in [-0.3, -0.25) is 10.1 Å². The van der Waals surface area contributed by atoms with Crippen molar-refractivity contribution in [2.75, 3.05) is 7.11 Å². The smallest absolute Gasteiger partial charge is 0.413 e. The van der Waals surface area contributed by atoms with Gasteiger partial charge in [0, 0.05) is 21.9 Å². The number of amides is 1. The van der Waals surface area contributed by atoms with Crippen LogP contribution in [-0.2, 0) is 11.2 Å². The molecule has 0 fully saturated rings. The Balaban J connectivity index is 1.89. The maximum atomic E-state index is 13.1. The van der Waals surface area contributed by atoms with Gasteiger partial charge in [-0.1, -0.05) is 42.5 Å². The molecule has 1 aliphatic carbocycles. The van der Waals surface area contributed by atoms with Crippen molar-refractivity contribution in [2.45, 2.75) is 6.42 Å². The summed E-state index contributed by atoms with van der Waals surface area (Å²) in [4.78, 5) is 25.5. The highest BCUT2D eigenvalue weighted by Crippen LogP contribution is 2.29. The molecule has 1 heterocycles. The van der Waals surface area contributed by atoms with Crippen molar-refractivity contribution < 1.29 is 14.3 Å². The topological polar surface area (TPSA) is 91.3 Å². The molecular formula is C21H19N3O3S2. The lowest BCUT2D eigenvalue weighted by atomic mass is 9.81. The first-order valence-electron chi connectivity index (χ1n) is 8.78. The van der Waals surface area contributed by atoms with Crippen molar-refractivity contribution in [1.29, 1.82) is 5.41 Å². The van der Waals surface area contributed by atoms with E-state index in [1.54, 1.807) is 35.6 Å². The molecule has 0 aliphatic heterocycles. The van der Waals surface area contributed by atoms with Crippen molar-refractivity contribution in [3.05, 3.63) is 81.7 Å². The van der Waals surface area contributed by atoms with E-state index in [2.05, 4.69) is 15.4 Å². The SMILES string of the molecule is COC(=O)NC(=S)NC1=CC=C(C(=O)c2ccccc2)C(Cc2cccs2)C1=N. The van der Waals surface area contributed by atoms with Crippen molar-refractivity contribution in [1.82, 2.24) is 10.6 Å². The molecule has 29 heavy (non-hydrogen) atoms. The summed E-state index contributed by atoms with van der Waals surface area (Å²) in [5, 5.41) is 15.9. The van der Waals surface area contributed by atoms with Crippen LogP contribution in [0.3, 0.4) is 0 Å². The lowest BCUT2D eigenvalue weighted by Crippen LogP contribution is -2.42. The molecule has 6 nitrogen and oxygen atoms in total. The van der Waals surface area contributed by atoms with Crippen LogP contribution in [0.15, 0.2) is 71.3 Å². The standard InChI is InChI=1S/C21H19N3O3S2/c1-27-21(26)24-20(28)23-17-10-9-15(19(25)13-6-3-2-4-7-13)16(18(17)22)12-14-8-5-11-29-14/h2-11,16,22H,12H2,1H3,(H2,23,24,26,28). The fourth-order valence-corrected chi connectivity index (χ4v) is 3.91. The number of methoxy groups -OCH3 is 1. The van der Waals surface area contributed by atoms with E-state index >= 15 is 0 Å². The number of rotatable bonds is 5. The number of alkyl carbamates (subject to hydrolysis) is 1. The van der Waals surface area contributed by atoms with Crippen LogP contribution >= 0.6 is 23.6 Å². The second kappa shape index (κ2) is 9.40. The first kappa shape index (κ1) is 20.6. The van der Waals surface area contributed by atoms with Gasteiger partial charge < -0.3 is 15.5 Å². The number of hydrogen-bond acceptors (Lipinski definition) is 6. The van der Waals surface area contributed by atoms with Crippen LogP contribution in [0.5, 0.6) is 0 Å². The minimum Gasteiger partial charge on any atom is -0.453 e. The maximum absolute atomic E-state index is 13.1. The lowest BCUT2D eigenvalue weighted by molar-refractivity contribution is 0.102. The molecule has 1 aliphatic rings. The molecule has 1 atom stereocenters. The largest absolute Gasteiger partial charge is 0.453 e. The Kier molecular flexibility index (Phi) is 6.69. The van der Waals surface area contributed by atoms with Crippen molar-refractivity contribution in [3.8, 4) is 0 Å². The number of ether oxygens (including phenoxy) is 1. The van der Waals surface area contributed by atoms with Crippen LogP contribution in [0, 0.1) is 11.3 Å². The Bertz CT molecular complexity index is 995. The highest BCUT2D eigenvalue weighted by atomic mass is 32.1. The molecule has 0 saturated heterocycles. The van der Waals surface area contributed by atoms with Gasteiger partial charge in [0.15, 0.2) is 10.9 Å². The van der Waals surface area contributed by atoms with E-state index in [1.807, 2.05) is 35.7 Å². The molecule has 1 amide bonds. The number of benzene rings is 1. The summed E-state index contributed by atoms with van der Waals surface area (Å²) in [5.74, 6) is -0.544. The highest BCUT2D eigenvalue weighted by molar-refractivity contribution is 7.80. The van der Waals surface area contributed by atoms with Gasteiger partial charge in [0.05, 0.1) is 18.5 Å². The first-order valence-corrected chi connectivity index (χ1v) is 10.1. The molecule has 1 unspecified atom stereocenters. The van der Waals surface area contributed by atoms with Crippen LogP contribution in [-0.4, -0.2) is 29.8 Å². The number of Topliss-reactive ketones (excluding diaryl/α,β-unsaturated/α-hetero) is 1. The third-order valence-corrected chi connectivity index (χ3v) is 5.48. The van der Waals surface area contributed by atoms with E-state index in [0.29, 0.717) is 23.3 Å². The number of hydrogen-bond donors (Lipinski definition) is 3. The summed E-state index contributed by atoms with van der Waals surface area (Å²) >= 11 is 6.68. The highest BCUT2D eigenvalue weighted by Gasteiger charge is 2.31. The van der Waals surface area contributed by atoms with Gasteiger partial charge >= 0.3 is 6.09 Å². The average molecular weight is 426 g/mol. The predicted molar refractivity (Wildman–Crippen MR) is 117 cm³/mol. The number of carbonyl (C=O) groups is 2. The van der Waals surface area contributed by atoms with Crippen molar-refractivity contribution in [3.63, 3.8) is 0 Å². The summed E-state index contributed by atoms with van der Waals surface area (Å²) < 4.78 is 4.52. The third-order valence-electron chi connectivity index (χ3n) is 4.38. The van der Waals surface area contributed by atoms with E-state index < -0.39 is 12.0 Å². The zero-order valence-corrected chi connectivity index (χ0v) is 17.2. The number of thiophene rings is 1. The first-order chi connectivity index (χ1) is 14.0. The molecule has 3 N–H and O–H groups in total. The van der Waals surface area contributed by atoms with E-state index in [4.69, 9.17) is 17.6 Å². The summed E-state index contributed by atoms with van der Waals surface area (Å²) in [6.07, 6.45) is 3.18. The van der Waals surface area contributed by atoms with E-state index in [0.717, 1.165) is 4.88 Å². The lowest BCUT2D eigenvalue weighted by Gasteiger charge is -2.26. The Morgan fingerprint density at radius 1 is 1.17 bits per heavy atom. The number of allylic oxidation sites excluding steroid dienone is 4. The molecule has 1 aromatic carbocycles. The zero-order valence-electron chi connectivity index (χ0n) is 15.6. The molecular weight excluding hydrogens is 406 g/mol. The average Bonchev–Trinajstić information content (AvgIpc) is 3.24. The number of thiocarbonyl (C=S) groups is 1. The maximum Gasteiger partial charge on any atom is 0.413 e. The van der Waals surface area contributed by atoms with Crippen molar-refractivity contribution in [2.24, 2.45) is 5.92 Å². The second-order valence-electron chi connectivity index (χ2n) is 6.22. The third kappa shape index (κ3) is 5.04. The van der Waals surface area contributed by atoms with Gasteiger partial charge in [-0.2, -0.15) is 0 Å². The monoisotopic (exact) mass is 425 g/mol.